The summed E-state index contributed by atoms with van der Waals surface area (Å²) in [6.07, 6.45) is 3.93. The first-order chi connectivity index (χ1) is 9.79. The van der Waals surface area contributed by atoms with Gasteiger partial charge in [0.2, 0.25) is 20.0 Å². The summed E-state index contributed by atoms with van der Waals surface area (Å²) in [7, 11) is -6.91. The maximum Gasteiger partial charge on any atom is 0.238 e. The van der Waals surface area contributed by atoms with Crippen LogP contribution in [0.2, 0.25) is 0 Å². The minimum atomic E-state index is -3.69. The Bertz CT molecular complexity index is 675. The first-order valence-corrected chi connectivity index (χ1v) is 9.98. The van der Waals surface area contributed by atoms with Crippen LogP contribution in [0.3, 0.4) is 0 Å². The molecule has 0 aromatic heterocycles. The third-order valence-electron chi connectivity index (χ3n) is 3.71. The molecular formula is C13H20N2O4S2. The van der Waals surface area contributed by atoms with E-state index in [4.69, 9.17) is 5.14 Å². The van der Waals surface area contributed by atoms with Gasteiger partial charge in [0.05, 0.1) is 10.1 Å². The minimum absolute atomic E-state index is 0.0535. The summed E-state index contributed by atoms with van der Waals surface area (Å²) in [6.45, 7) is 0.313. The van der Waals surface area contributed by atoms with Crippen molar-refractivity contribution in [2.75, 3.05) is 6.54 Å². The summed E-state index contributed by atoms with van der Waals surface area (Å²) < 4.78 is 48.9. The molecule has 0 aliphatic heterocycles. The van der Waals surface area contributed by atoms with Gasteiger partial charge >= 0.3 is 0 Å². The largest absolute Gasteiger partial charge is 0.238 e. The molecule has 118 valence electrons. The van der Waals surface area contributed by atoms with Crippen LogP contribution in [0.15, 0.2) is 29.2 Å². The van der Waals surface area contributed by atoms with Crippen LogP contribution in [0.1, 0.15) is 31.2 Å². The van der Waals surface area contributed by atoms with Gasteiger partial charge in [-0.3, -0.25) is 0 Å². The van der Waals surface area contributed by atoms with Crippen molar-refractivity contribution < 1.29 is 16.8 Å². The number of sulfonamides is 2. The summed E-state index contributed by atoms with van der Waals surface area (Å²) in [5, 5.41) is 4.75. The molecule has 1 saturated carbocycles. The fourth-order valence-electron chi connectivity index (χ4n) is 2.50. The summed E-state index contributed by atoms with van der Waals surface area (Å²) in [6, 6.07) is 6.14. The van der Waals surface area contributed by atoms with Crippen molar-refractivity contribution in [3.05, 3.63) is 29.8 Å². The molecule has 0 atom stereocenters. The van der Waals surface area contributed by atoms with Gasteiger partial charge in [0, 0.05) is 6.54 Å². The van der Waals surface area contributed by atoms with Crippen LogP contribution in [0, 0.1) is 0 Å². The predicted molar refractivity (Wildman–Crippen MR) is 80.7 cm³/mol. The van der Waals surface area contributed by atoms with Crippen LogP contribution in [-0.4, -0.2) is 28.6 Å². The average Bonchev–Trinajstić information content (AvgIpc) is 2.92. The summed E-state index contributed by atoms with van der Waals surface area (Å²) in [5.41, 5.74) is 0.858. The summed E-state index contributed by atoms with van der Waals surface area (Å²) in [4.78, 5) is 0.0535. The Balaban J connectivity index is 1.89. The predicted octanol–water partition coefficient (Wildman–Crippen LogP) is 0.738. The lowest BCUT2D eigenvalue weighted by atomic mass is 10.2. The van der Waals surface area contributed by atoms with E-state index in [2.05, 4.69) is 4.72 Å². The van der Waals surface area contributed by atoms with Crippen molar-refractivity contribution >= 4 is 20.0 Å². The van der Waals surface area contributed by atoms with Crippen molar-refractivity contribution in [3.63, 3.8) is 0 Å². The van der Waals surface area contributed by atoms with Crippen LogP contribution in [-0.2, 0) is 26.5 Å². The van der Waals surface area contributed by atoms with E-state index in [1.54, 1.807) is 12.1 Å². The van der Waals surface area contributed by atoms with Crippen molar-refractivity contribution in [2.24, 2.45) is 5.14 Å². The molecule has 0 saturated heterocycles. The van der Waals surface area contributed by atoms with Gasteiger partial charge in [-0.1, -0.05) is 25.0 Å². The molecular weight excluding hydrogens is 312 g/mol. The standard InChI is InChI=1S/C13H20N2O4S2/c14-20(16,17)12-7-5-11(6-8-12)9-10-15-21(18,19)13-3-1-2-4-13/h5-8,13,15H,1-4,9-10H2,(H2,14,16,17). The molecule has 0 radical (unpaired) electrons. The Morgan fingerprint density at radius 2 is 1.62 bits per heavy atom. The molecule has 0 bridgehead atoms. The topological polar surface area (TPSA) is 106 Å². The number of rotatable bonds is 6. The van der Waals surface area contributed by atoms with Crippen LogP contribution in [0.25, 0.3) is 0 Å². The second-order valence-corrected chi connectivity index (χ2v) is 8.89. The fraction of sp³-hybridized carbons (Fsp3) is 0.538. The first-order valence-electron chi connectivity index (χ1n) is 6.89. The summed E-state index contributed by atoms with van der Waals surface area (Å²) in [5.74, 6) is 0. The van der Waals surface area contributed by atoms with Crippen LogP contribution < -0.4 is 9.86 Å². The Hall–Kier alpha value is -0.960. The normalized spacial score (nSPS) is 17.2. The molecule has 0 heterocycles. The van der Waals surface area contributed by atoms with E-state index >= 15 is 0 Å². The highest BCUT2D eigenvalue weighted by atomic mass is 32.2. The van der Waals surface area contributed by atoms with Crippen LogP contribution in [0.5, 0.6) is 0 Å². The van der Waals surface area contributed by atoms with Crippen LogP contribution in [0.4, 0.5) is 0 Å². The monoisotopic (exact) mass is 332 g/mol. The highest BCUT2D eigenvalue weighted by Gasteiger charge is 2.27. The number of nitrogens with one attached hydrogen (secondary N) is 1. The average molecular weight is 332 g/mol. The molecule has 8 heteroatoms. The Kier molecular flexibility index (Phi) is 5.03. The summed E-state index contributed by atoms with van der Waals surface area (Å²) >= 11 is 0. The molecule has 1 aromatic carbocycles. The van der Waals surface area contributed by atoms with E-state index in [0.29, 0.717) is 13.0 Å². The van der Waals surface area contributed by atoms with E-state index in [1.807, 2.05) is 0 Å². The zero-order valence-electron chi connectivity index (χ0n) is 11.7. The lowest BCUT2D eigenvalue weighted by Crippen LogP contribution is -2.34. The Morgan fingerprint density at radius 3 is 2.14 bits per heavy atom. The lowest BCUT2D eigenvalue weighted by molar-refractivity contribution is 0.564. The second kappa shape index (κ2) is 6.43. The number of nitrogens with two attached hydrogens (primary N) is 1. The molecule has 0 spiro atoms. The third kappa shape index (κ3) is 4.50. The molecule has 1 aliphatic rings. The molecule has 0 amide bonds. The fourth-order valence-corrected chi connectivity index (χ4v) is 4.59. The lowest BCUT2D eigenvalue weighted by Gasteiger charge is -2.12. The quantitative estimate of drug-likeness (QED) is 0.801. The van der Waals surface area contributed by atoms with E-state index < -0.39 is 20.0 Å². The molecule has 21 heavy (non-hydrogen) atoms. The van der Waals surface area contributed by atoms with E-state index in [9.17, 15) is 16.8 Å². The van der Waals surface area contributed by atoms with Crippen molar-refractivity contribution in [1.82, 2.24) is 4.72 Å². The number of hydrogen-bond acceptors (Lipinski definition) is 4. The van der Waals surface area contributed by atoms with E-state index in [0.717, 1.165) is 31.2 Å². The van der Waals surface area contributed by atoms with Gasteiger partial charge in [-0.15, -0.1) is 0 Å². The van der Waals surface area contributed by atoms with Crippen LogP contribution >= 0.6 is 0 Å². The van der Waals surface area contributed by atoms with Crippen molar-refractivity contribution in [3.8, 4) is 0 Å². The molecule has 1 fully saturated rings. The number of hydrogen-bond donors (Lipinski definition) is 2. The minimum Gasteiger partial charge on any atom is -0.225 e. The maximum absolute atomic E-state index is 12.0. The molecule has 3 N–H and O–H groups in total. The van der Waals surface area contributed by atoms with Crippen molar-refractivity contribution in [2.45, 2.75) is 42.2 Å². The van der Waals surface area contributed by atoms with E-state index in [-0.39, 0.29) is 10.1 Å². The number of benzene rings is 1. The molecule has 2 rings (SSSR count). The zero-order valence-corrected chi connectivity index (χ0v) is 13.3. The SMILES string of the molecule is NS(=O)(=O)c1ccc(CCNS(=O)(=O)C2CCCC2)cc1. The van der Waals surface area contributed by atoms with Gasteiger partial charge < -0.3 is 0 Å². The Morgan fingerprint density at radius 1 is 1.05 bits per heavy atom. The zero-order chi connectivity index (χ0) is 15.5. The Labute approximate surface area is 125 Å². The highest BCUT2D eigenvalue weighted by molar-refractivity contribution is 7.90. The molecule has 0 unspecified atom stereocenters. The second-order valence-electron chi connectivity index (χ2n) is 5.28. The molecule has 1 aromatic rings. The first kappa shape index (κ1) is 16.4. The van der Waals surface area contributed by atoms with Gasteiger partial charge in [0.15, 0.2) is 0 Å². The maximum atomic E-state index is 12.0. The van der Waals surface area contributed by atoms with Gasteiger partial charge in [-0.25, -0.2) is 26.7 Å². The third-order valence-corrected chi connectivity index (χ3v) is 6.59. The smallest absolute Gasteiger partial charge is 0.225 e. The van der Waals surface area contributed by atoms with Gasteiger partial charge in [0.1, 0.15) is 0 Å². The van der Waals surface area contributed by atoms with Gasteiger partial charge in [0.25, 0.3) is 0 Å². The van der Waals surface area contributed by atoms with Gasteiger partial charge in [-0.2, -0.15) is 0 Å². The van der Waals surface area contributed by atoms with Crippen molar-refractivity contribution in [1.29, 1.82) is 0 Å². The highest BCUT2D eigenvalue weighted by Crippen LogP contribution is 2.23. The number of primary sulfonamides is 1. The molecule has 1 aliphatic carbocycles. The molecule has 6 nitrogen and oxygen atoms in total. The van der Waals surface area contributed by atoms with E-state index in [1.165, 1.54) is 12.1 Å². The van der Waals surface area contributed by atoms with Gasteiger partial charge in [-0.05, 0) is 37.0 Å².